The van der Waals surface area contributed by atoms with Gasteiger partial charge in [-0.15, -0.1) is 0 Å². The van der Waals surface area contributed by atoms with Crippen molar-refractivity contribution in [2.45, 2.75) is 31.8 Å². The van der Waals surface area contributed by atoms with Gasteiger partial charge in [-0.25, -0.2) is 0 Å². The first-order valence-corrected chi connectivity index (χ1v) is 6.72. The summed E-state index contributed by atoms with van der Waals surface area (Å²) >= 11 is 0. The molecule has 1 heterocycles. The molecule has 92 valence electrons. The Labute approximate surface area is 108 Å². The zero-order valence-corrected chi connectivity index (χ0v) is 11.1. The normalized spacial score (nSPS) is 45.9. The van der Waals surface area contributed by atoms with Crippen LogP contribution in [0.3, 0.4) is 0 Å². The molecule has 1 fully saturated rings. The van der Waals surface area contributed by atoms with Gasteiger partial charge < -0.3 is 0 Å². The lowest BCUT2D eigenvalue weighted by atomic mass is 9.64. The van der Waals surface area contributed by atoms with E-state index >= 15 is 0 Å². The predicted molar refractivity (Wildman–Crippen MR) is 71.3 cm³/mol. The van der Waals surface area contributed by atoms with Crippen LogP contribution < -0.4 is 0 Å². The van der Waals surface area contributed by atoms with Crippen molar-refractivity contribution in [3.8, 4) is 0 Å². The lowest BCUT2D eigenvalue weighted by Crippen LogP contribution is -2.43. The van der Waals surface area contributed by atoms with E-state index in [2.05, 4.69) is 63.3 Å². The van der Waals surface area contributed by atoms with E-state index in [9.17, 15) is 0 Å². The maximum Gasteiger partial charge on any atom is 0.121 e. The van der Waals surface area contributed by atoms with Crippen LogP contribution in [0.25, 0.3) is 0 Å². The Morgan fingerprint density at radius 1 is 0.889 bits per heavy atom. The van der Waals surface area contributed by atoms with Gasteiger partial charge in [0.15, 0.2) is 0 Å². The molecule has 18 heavy (non-hydrogen) atoms. The standard InChI is InChI=1S/C16H18N2/c1-14(2)15(3)12-9-10-13(12)16(14,18-17-15)11-7-5-4-6-8-11/h4-10,12-13H,1-3H3/t12-,13-,15-,16-/m0/s1. The molecule has 0 spiro atoms. The Kier molecular flexibility index (Phi) is 1.61. The summed E-state index contributed by atoms with van der Waals surface area (Å²) in [6, 6.07) is 10.7. The van der Waals surface area contributed by atoms with Crippen LogP contribution in [0, 0.1) is 17.3 Å². The van der Waals surface area contributed by atoms with E-state index in [1.54, 1.807) is 0 Å². The topological polar surface area (TPSA) is 24.7 Å². The third-order valence-electron chi connectivity index (χ3n) is 5.89. The van der Waals surface area contributed by atoms with E-state index in [4.69, 9.17) is 10.2 Å². The highest BCUT2D eigenvalue weighted by atomic mass is 15.3. The minimum atomic E-state index is -0.150. The van der Waals surface area contributed by atoms with E-state index in [1.165, 1.54) is 5.56 Å². The van der Waals surface area contributed by atoms with Crippen molar-refractivity contribution in [1.29, 1.82) is 0 Å². The third kappa shape index (κ3) is 0.781. The van der Waals surface area contributed by atoms with Crippen LogP contribution in [0.15, 0.2) is 52.7 Å². The largest absolute Gasteiger partial charge is 0.185 e. The molecule has 2 nitrogen and oxygen atoms in total. The Bertz CT molecular complexity index is 572. The summed E-state index contributed by atoms with van der Waals surface area (Å²) in [5, 5.41) is 9.48. The predicted octanol–water partition coefficient (Wildman–Crippen LogP) is 3.95. The van der Waals surface area contributed by atoms with Crippen molar-refractivity contribution in [2.75, 3.05) is 0 Å². The Hall–Kier alpha value is -1.44. The number of azo groups is 1. The van der Waals surface area contributed by atoms with Gasteiger partial charge in [-0.2, -0.15) is 10.2 Å². The Balaban J connectivity index is 2.00. The molecule has 3 aliphatic rings. The summed E-state index contributed by atoms with van der Waals surface area (Å²) in [5.41, 5.74) is 1.20. The second-order valence-electron chi connectivity index (χ2n) is 6.54. The van der Waals surface area contributed by atoms with Crippen molar-refractivity contribution in [2.24, 2.45) is 27.5 Å². The fourth-order valence-corrected chi connectivity index (χ4v) is 4.36. The van der Waals surface area contributed by atoms with Crippen molar-refractivity contribution < 1.29 is 0 Å². The van der Waals surface area contributed by atoms with Crippen molar-refractivity contribution >= 4 is 0 Å². The van der Waals surface area contributed by atoms with Gasteiger partial charge in [0.2, 0.25) is 0 Å². The Morgan fingerprint density at radius 2 is 1.56 bits per heavy atom. The highest BCUT2D eigenvalue weighted by molar-refractivity contribution is 5.45. The lowest BCUT2D eigenvalue weighted by molar-refractivity contribution is 0.171. The average molecular weight is 238 g/mol. The summed E-state index contributed by atoms with van der Waals surface area (Å²) < 4.78 is 0. The molecule has 1 aliphatic heterocycles. The molecule has 1 aromatic rings. The maximum atomic E-state index is 4.79. The molecule has 2 bridgehead atoms. The smallest absolute Gasteiger partial charge is 0.121 e. The van der Waals surface area contributed by atoms with Crippen LogP contribution in [0.2, 0.25) is 0 Å². The van der Waals surface area contributed by atoms with Gasteiger partial charge in [0.05, 0.1) is 5.54 Å². The lowest BCUT2D eigenvalue weighted by Gasteiger charge is -2.40. The molecule has 0 N–H and O–H groups in total. The first kappa shape index (κ1) is 10.5. The maximum absolute atomic E-state index is 4.79. The van der Waals surface area contributed by atoms with E-state index in [0.717, 1.165) is 0 Å². The molecule has 0 aromatic heterocycles. The summed E-state index contributed by atoms with van der Waals surface area (Å²) in [4.78, 5) is 0. The van der Waals surface area contributed by atoms with Crippen LogP contribution >= 0.6 is 0 Å². The van der Waals surface area contributed by atoms with Gasteiger partial charge in [0.1, 0.15) is 5.54 Å². The molecule has 4 rings (SSSR count). The molecule has 0 amide bonds. The summed E-state index contributed by atoms with van der Waals surface area (Å²) in [6.45, 7) is 6.94. The highest BCUT2D eigenvalue weighted by Gasteiger charge is 2.76. The second kappa shape index (κ2) is 2.76. The van der Waals surface area contributed by atoms with Gasteiger partial charge in [0, 0.05) is 17.3 Å². The van der Waals surface area contributed by atoms with E-state index in [0.29, 0.717) is 11.8 Å². The number of nitrogens with zero attached hydrogens (tertiary/aromatic N) is 2. The van der Waals surface area contributed by atoms with Crippen molar-refractivity contribution in [3.05, 3.63) is 48.0 Å². The number of rotatable bonds is 1. The number of hydrogen-bond donors (Lipinski definition) is 0. The quantitative estimate of drug-likeness (QED) is 0.662. The van der Waals surface area contributed by atoms with Crippen molar-refractivity contribution in [1.82, 2.24) is 0 Å². The number of hydrogen-bond acceptors (Lipinski definition) is 2. The molecule has 0 radical (unpaired) electrons. The highest BCUT2D eigenvalue weighted by Crippen LogP contribution is 2.73. The van der Waals surface area contributed by atoms with Gasteiger partial charge in [-0.05, 0) is 12.5 Å². The van der Waals surface area contributed by atoms with Crippen LogP contribution in [-0.2, 0) is 5.54 Å². The Morgan fingerprint density at radius 3 is 2.11 bits per heavy atom. The molecule has 1 aromatic carbocycles. The van der Waals surface area contributed by atoms with Gasteiger partial charge in [-0.3, -0.25) is 0 Å². The first-order chi connectivity index (χ1) is 8.54. The van der Waals surface area contributed by atoms with E-state index in [1.807, 2.05) is 0 Å². The molecule has 0 saturated heterocycles. The summed E-state index contributed by atoms with van der Waals surface area (Å²) in [5.74, 6) is 1.09. The molecule has 4 atom stereocenters. The average Bonchev–Trinajstić information content (AvgIpc) is 2.55. The summed E-state index contributed by atoms with van der Waals surface area (Å²) in [7, 11) is 0. The molecule has 0 unspecified atom stereocenters. The third-order valence-corrected chi connectivity index (χ3v) is 5.89. The van der Waals surface area contributed by atoms with Crippen LogP contribution in [0.1, 0.15) is 26.3 Å². The number of fused-ring (bicyclic) bond motifs is 5. The fourth-order valence-electron chi connectivity index (χ4n) is 4.36. The molecular weight excluding hydrogens is 220 g/mol. The van der Waals surface area contributed by atoms with E-state index in [-0.39, 0.29) is 16.5 Å². The van der Waals surface area contributed by atoms with Gasteiger partial charge >= 0.3 is 0 Å². The van der Waals surface area contributed by atoms with Crippen LogP contribution in [-0.4, -0.2) is 5.54 Å². The molecular formula is C16H18N2. The zero-order valence-electron chi connectivity index (χ0n) is 11.1. The molecule has 2 aliphatic carbocycles. The van der Waals surface area contributed by atoms with Gasteiger partial charge in [0.25, 0.3) is 0 Å². The zero-order chi connectivity index (χ0) is 12.6. The molecule has 1 saturated carbocycles. The number of benzene rings is 1. The monoisotopic (exact) mass is 238 g/mol. The van der Waals surface area contributed by atoms with Crippen LogP contribution in [0.5, 0.6) is 0 Å². The van der Waals surface area contributed by atoms with E-state index < -0.39 is 0 Å². The first-order valence-electron chi connectivity index (χ1n) is 6.72. The minimum absolute atomic E-state index is 0.0394. The minimum Gasteiger partial charge on any atom is -0.185 e. The van der Waals surface area contributed by atoms with Crippen molar-refractivity contribution in [3.63, 3.8) is 0 Å². The SMILES string of the molecule is CC1(C)[C@@]2(C)N=N[C@@]1(c1ccccc1)[C@H]1C=C[C@@H]12. The van der Waals surface area contributed by atoms with Crippen LogP contribution in [0.4, 0.5) is 0 Å². The molecule has 2 heteroatoms. The summed E-state index contributed by atoms with van der Waals surface area (Å²) in [6.07, 6.45) is 4.66. The van der Waals surface area contributed by atoms with Gasteiger partial charge in [-0.1, -0.05) is 56.3 Å². The fraction of sp³-hybridized carbons (Fsp3) is 0.500. The second-order valence-corrected chi connectivity index (χ2v) is 6.54.